The Morgan fingerprint density at radius 2 is 1.70 bits per heavy atom. The molecule has 1 heterocycles. The van der Waals surface area contributed by atoms with E-state index in [0.717, 1.165) is 12.8 Å². The van der Waals surface area contributed by atoms with Crippen LogP contribution in [-0.2, 0) is 20.0 Å². The molecule has 2 aliphatic rings. The maximum absolute atomic E-state index is 12.9. The monoisotopic (exact) mass is 417 g/mol. The zero-order valence-electron chi connectivity index (χ0n) is 15.6. The molecule has 3 rings (SSSR count). The van der Waals surface area contributed by atoms with E-state index in [1.54, 1.807) is 6.92 Å². The van der Waals surface area contributed by atoms with Crippen molar-refractivity contribution < 1.29 is 21.9 Å². The van der Waals surface area contributed by atoms with E-state index in [1.807, 2.05) is 6.92 Å². The minimum absolute atomic E-state index is 0.00201. The second kappa shape index (κ2) is 7.76. The van der Waals surface area contributed by atoms with Gasteiger partial charge in [0.2, 0.25) is 20.0 Å². The molecule has 1 aromatic rings. The van der Waals surface area contributed by atoms with Gasteiger partial charge in [0.05, 0.1) is 15.9 Å². The lowest BCUT2D eigenvalue weighted by molar-refractivity contribution is 0.0699. The van der Waals surface area contributed by atoms with Crippen molar-refractivity contribution in [1.29, 1.82) is 0 Å². The number of aliphatic hydroxyl groups is 1. The number of rotatable bonds is 7. The Morgan fingerprint density at radius 3 is 2.22 bits per heavy atom. The van der Waals surface area contributed by atoms with Crippen LogP contribution in [0.5, 0.6) is 0 Å². The van der Waals surface area contributed by atoms with Gasteiger partial charge in [-0.15, -0.1) is 0 Å². The van der Waals surface area contributed by atoms with E-state index in [0.29, 0.717) is 26.2 Å². The van der Waals surface area contributed by atoms with Gasteiger partial charge >= 0.3 is 0 Å². The van der Waals surface area contributed by atoms with Gasteiger partial charge < -0.3 is 5.11 Å². The topological polar surface area (TPSA) is 107 Å². The van der Waals surface area contributed by atoms with Gasteiger partial charge in [0.25, 0.3) is 0 Å². The van der Waals surface area contributed by atoms with Crippen LogP contribution >= 0.6 is 0 Å². The highest BCUT2D eigenvalue weighted by Gasteiger charge is 2.33. The molecule has 0 spiro atoms. The van der Waals surface area contributed by atoms with Gasteiger partial charge in [-0.05, 0) is 51.0 Å². The number of nitrogens with zero attached hydrogens (tertiary/aromatic N) is 2. The lowest BCUT2D eigenvalue weighted by Gasteiger charge is -2.39. The minimum Gasteiger partial charge on any atom is -0.392 e. The van der Waals surface area contributed by atoms with Crippen molar-refractivity contribution >= 4 is 20.0 Å². The smallest absolute Gasteiger partial charge is 0.243 e. The van der Waals surface area contributed by atoms with Crippen LogP contribution < -0.4 is 4.72 Å². The van der Waals surface area contributed by atoms with Gasteiger partial charge in [-0.1, -0.05) is 0 Å². The maximum Gasteiger partial charge on any atom is 0.243 e. The SMILES string of the molecule is C[C@@H](O)CN1CCN(S(=O)(=O)c2ccc(S(=O)(=O)NC3CC3)cc2)C[C@@H]1C. The van der Waals surface area contributed by atoms with E-state index in [-0.39, 0.29) is 21.9 Å². The molecule has 1 saturated heterocycles. The quantitative estimate of drug-likeness (QED) is 0.657. The van der Waals surface area contributed by atoms with Crippen molar-refractivity contribution in [3.05, 3.63) is 24.3 Å². The van der Waals surface area contributed by atoms with Gasteiger partial charge in [0.1, 0.15) is 0 Å². The Bertz CT molecular complexity index is 864. The summed E-state index contributed by atoms with van der Waals surface area (Å²) in [5.74, 6) is 0. The zero-order valence-corrected chi connectivity index (χ0v) is 17.2. The molecule has 1 saturated carbocycles. The van der Waals surface area contributed by atoms with Gasteiger partial charge in [0, 0.05) is 38.3 Å². The number of piperazine rings is 1. The molecule has 0 bridgehead atoms. The van der Waals surface area contributed by atoms with E-state index in [4.69, 9.17) is 0 Å². The molecule has 0 aromatic heterocycles. The van der Waals surface area contributed by atoms with Crippen LogP contribution in [0.25, 0.3) is 0 Å². The van der Waals surface area contributed by atoms with Crippen LogP contribution in [0.2, 0.25) is 0 Å². The van der Waals surface area contributed by atoms with Gasteiger partial charge in [-0.25, -0.2) is 21.6 Å². The van der Waals surface area contributed by atoms with Gasteiger partial charge in [-0.2, -0.15) is 4.31 Å². The van der Waals surface area contributed by atoms with Crippen LogP contribution in [0.3, 0.4) is 0 Å². The largest absolute Gasteiger partial charge is 0.392 e. The van der Waals surface area contributed by atoms with E-state index in [9.17, 15) is 21.9 Å². The fourth-order valence-electron chi connectivity index (χ4n) is 3.22. The number of hydrogen-bond acceptors (Lipinski definition) is 6. The summed E-state index contributed by atoms with van der Waals surface area (Å²) in [5, 5.41) is 9.55. The number of hydrogen-bond donors (Lipinski definition) is 2. The standard InChI is InChI=1S/C17H27N3O5S2/c1-13-11-20(10-9-19(13)12-14(2)21)27(24,25)17-7-5-16(6-8-17)26(22,23)18-15-3-4-15/h5-8,13-15,18,21H,3-4,9-12H2,1-2H3/t13-,14+/m0/s1. The molecule has 8 nitrogen and oxygen atoms in total. The fourth-order valence-corrected chi connectivity index (χ4v) is 6.04. The first kappa shape index (κ1) is 20.7. The van der Waals surface area contributed by atoms with Crippen LogP contribution in [0.15, 0.2) is 34.1 Å². The van der Waals surface area contributed by atoms with Crippen molar-refractivity contribution in [2.75, 3.05) is 26.2 Å². The van der Waals surface area contributed by atoms with Crippen molar-refractivity contribution in [2.24, 2.45) is 0 Å². The van der Waals surface area contributed by atoms with Gasteiger partial charge in [0.15, 0.2) is 0 Å². The zero-order chi connectivity index (χ0) is 19.8. The Labute approximate surface area is 161 Å². The summed E-state index contributed by atoms with van der Waals surface area (Å²) in [5.41, 5.74) is 0. The summed E-state index contributed by atoms with van der Waals surface area (Å²) >= 11 is 0. The predicted octanol–water partition coefficient (Wildman–Crippen LogP) is 0.203. The molecule has 27 heavy (non-hydrogen) atoms. The molecule has 2 N–H and O–H groups in total. The molecule has 10 heteroatoms. The molecule has 1 aliphatic heterocycles. The second-order valence-electron chi connectivity index (χ2n) is 7.42. The third-order valence-electron chi connectivity index (χ3n) is 4.90. The fraction of sp³-hybridized carbons (Fsp3) is 0.647. The number of nitrogens with one attached hydrogen (secondary N) is 1. The highest BCUT2D eigenvalue weighted by molar-refractivity contribution is 7.89. The molecular formula is C17H27N3O5S2. The first-order valence-electron chi connectivity index (χ1n) is 9.14. The number of aliphatic hydroxyl groups excluding tert-OH is 1. The highest BCUT2D eigenvalue weighted by atomic mass is 32.2. The Kier molecular flexibility index (Phi) is 5.95. The molecule has 152 valence electrons. The van der Waals surface area contributed by atoms with E-state index >= 15 is 0 Å². The summed E-state index contributed by atoms with van der Waals surface area (Å²) in [6.07, 6.45) is 1.21. The normalized spacial score (nSPS) is 24.0. The van der Waals surface area contributed by atoms with Gasteiger partial charge in [-0.3, -0.25) is 4.90 Å². The van der Waals surface area contributed by atoms with Crippen molar-refractivity contribution in [2.45, 2.75) is 54.7 Å². The first-order valence-corrected chi connectivity index (χ1v) is 12.1. The molecule has 2 atom stereocenters. The molecule has 0 amide bonds. The summed E-state index contributed by atoms with van der Waals surface area (Å²) in [7, 11) is -7.29. The van der Waals surface area contributed by atoms with Crippen LogP contribution in [0.4, 0.5) is 0 Å². The summed E-state index contributed by atoms with van der Waals surface area (Å²) < 4.78 is 54.2. The number of benzene rings is 1. The molecule has 2 fully saturated rings. The summed E-state index contributed by atoms with van der Waals surface area (Å²) in [6, 6.07) is 5.37. The van der Waals surface area contributed by atoms with E-state index in [1.165, 1.54) is 28.6 Å². The third-order valence-corrected chi connectivity index (χ3v) is 8.31. The average Bonchev–Trinajstić information content (AvgIpc) is 3.39. The molecule has 0 unspecified atom stereocenters. The third kappa shape index (κ3) is 4.87. The lowest BCUT2D eigenvalue weighted by atomic mass is 10.2. The van der Waals surface area contributed by atoms with Crippen molar-refractivity contribution in [3.63, 3.8) is 0 Å². The van der Waals surface area contributed by atoms with E-state index in [2.05, 4.69) is 9.62 Å². The highest BCUT2D eigenvalue weighted by Crippen LogP contribution is 2.24. The molecular weight excluding hydrogens is 390 g/mol. The van der Waals surface area contributed by atoms with E-state index < -0.39 is 26.2 Å². The number of sulfonamides is 2. The number of β-amino-alcohol motifs (C(OH)–C–C–N with tert-alkyl or cyclic N) is 1. The Hall–Kier alpha value is -1.04. The molecule has 1 aliphatic carbocycles. The maximum atomic E-state index is 12.9. The second-order valence-corrected chi connectivity index (χ2v) is 11.1. The predicted molar refractivity (Wildman–Crippen MR) is 101 cm³/mol. The van der Waals surface area contributed by atoms with Crippen LogP contribution in [0, 0.1) is 0 Å². The Balaban J connectivity index is 1.71. The molecule has 1 aromatic carbocycles. The van der Waals surface area contributed by atoms with Crippen LogP contribution in [0.1, 0.15) is 26.7 Å². The minimum atomic E-state index is -3.69. The lowest BCUT2D eigenvalue weighted by Crippen LogP contribution is -2.54. The van der Waals surface area contributed by atoms with Crippen molar-refractivity contribution in [1.82, 2.24) is 13.9 Å². The first-order chi connectivity index (χ1) is 12.6. The van der Waals surface area contributed by atoms with Crippen molar-refractivity contribution in [3.8, 4) is 0 Å². The average molecular weight is 418 g/mol. The van der Waals surface area contributed by atoms with Crippen LogP contribution in [-0.4, -0.2) is 75.5 Å². The summed E-state index contributed by atoms with van der Waals surface area (Å²) in [4.78, 5) is 2.23. The molecule has 0 radical (unpaired) electrons. The Morgan fingerprint density at radius 1 is 1.11 bits per heavy atom. The summed E-state index contributed by atoms with van der Waals surface area (Å²) in [6.45, 7) is 5.37.